The van der Waals surface area contributed by atoms with E-state index in [1.165, 1.54) is 4.90 Å². The number of rotatable bonds is 5. The lowest BCUT2D eigenvalue weighted by Crippen LogP contribution is -2.44. The van der Waals surface area contributed by atoms with Crippen LogP contribution in [0.2, 0.25) is 0 Å². The Morgan fingerprint density at radius 2 is 2.27 bits per heavy atom. The summed E-state index contributed by atoms with van der Waals surface area (Å²) in [4.78, 5) is 29.6. The molecule has 0 bridgehead atoms. The molecule has 1 fully saturated rings. The fourth-order valence-corrected chi connectivity index (χ4v) is 2.45. The van der Waals surface area contributed by atoms with Gasteiger partial charge in [-0.2, -0.15) is 0 Å². The molecule has 2 heterocycles. The summed E-state index contributed by atoms with van der Waals surface area (Å²) in [5.41, 5.74) is 0.762. The highest BCUT2D eigenvalue weighted by Crippen LogP contribution is 2.12. The molecule has 7 nitrogen and oxygen atoms in total. The molecule has 22 heavy (non-hydrogen) atoms. The van der Waals surface area contributed by atoms with Crippen molar-refractivity contribution in [2.24, 2.45) is 0 Å². The van der Waals surface area contributed by atoms with E-state index in [0.29, 0.717) is 31.0 Å². The Labute approximate surface area is 129 Å². The van der Waals surface area contributed by atoms with Gasteiger partial charge in [0.15, 0.2) is 5.89 Å². The van der Waals surface area contributed by atoms with Gasteiger partial charge in [0.1, 0.15) is 11.9 Å². The van der Waals surface area contributed by atoms with Crippen molar-refractivity contribution in [1.29, 1.82) is 0 Å². The Morgan fingerprint density at radius 3 is 2.95 bits per heavy atom. The molecule has 0 aliphatic carbocycles. The van der Waals surface area contributed by atoms with Crippen molar-refractivity contribution < 1.29 is 19.1 Å². The number of aryl methyl sites for hydroxylation is 2. The zero-order valence-corrected chi connectivity index (χ0v) is 13.1. The minimum atomic E-state index is -0.987. The highest BCUT2D eigenvalue weighted by Gasteiger charge is 2.26. The molecular weight excluding hydrogens is 286 g/mol. The maximum Gasteiger partial charge on any atom is 0.251 e. The van der Waals surface area contributed by atoms with E-state index in [-0.39, 0.29) is 24.9 Å². The number of aliphatic hydroxyl groups is 1. The predicted molar refractivity (Wildman–Crippen MR) is 78.9 cm³/mol. The first-order valence-corrected chi connectivity index (χ1v) is 7.70. The summed E-state index contributed by atoms with van der Waals surface area (Å²) in [7, 11) is 0. The van der Waals surface area contributed by atoms with E-state index < -0.39 is 6.10 Å². The van der Waals surface area contributed by atoms with Crippen molar-refractivity contribution in [1.82, 2.24) is 15.2 Å². The smallest absolute Gasteiger partial charge is 0.251 e. The van der Waals surface area contributed by atoms with E-state index in [0.717, 1.165) is 18.5 Å². The predicted octanol–water partition coefficient (Wildman–Crippen LogP) is 0.535. The third kappa shape index (κ3) is 4.07. The highest BCUT2D eigenvalue weighted by molar-refractivity contribution is 5.87. The first-order chi connectivity index (χ1) is 10.5. The summed E-state index contributed by atoms with van der Waals surface area (Å²) < 4.78 is 5.52. The van der Waals surface area contributed by atoms with Crippen LogP contribution in [0.15, 0.2) is 4.42 Å². The average molecular weight is 309 g/mol. The molecule has 0 spiro atoms. The van der Waals surface area contributed by atoms with Crippen LogP contribution in [0.3, 0.4) is 0 Å². The van der Waals surface area contributed by atoms with Gasteiger partial charge in [0.05, 0.1) is 18.8 Å². The number of hydrogen-bond acceptors (Lipinski definition) is 5. The van der Waals surface area contributed by atoms with Crippen LogP contribution in [0.5, 0.6) is 0 Å². The molecule has 7 heteroatoms. The number of hydrogen-bond donors (Lipinski definition) is 2. The molecule has 2 amide bonds. The van der Waals surface area contributed by atoms with Gasteiger partial charge >= 0.3 is 0 Å². The normalized spacial score (nSPS) is 19.1. The van der Waals surface area contributed by atoms with Gasteiger partial charge in [-0.15, -0.1) is 0 Å². The zero-order valence-electron chi connectivity index (χ0n) is 13.1. The second kappa shape index (κ2) is 7.40. The zero-order chi connectivity index (χ0) is 16.1. The fraction of sp³-hybridized carbons (Fsp3) is 0.667. The SMILES string of the molecule is CCc1nc(C)c(CNC(=O)CN2CCCCC(O)C2=O)o1. The summed E-state index contributed by atoms with van der Waals surface area (Å²) in [6.07, 6.45) is 1.78. The molecule has 0 aromatic carbocycles. The van der Waals surface area contributed by atoms with Crippen LogP contribution in [0, 0.1) is 6.92 Å². The van der Waals surface area contributed by atoms with Gasteiger partial charge in [-0.05, 0) is 26.2 Å². The largest absolute Gasteiger partial charge is 0.444 e. The highest BCUT2D eigenvalue weighted by atomic mass is 16.4. The monoisotopic (exact) mass is 309 g/mol. The van der Waals surface area contributed by atoms with Crippen LogP contribution >= 0.6 is 0 Å². The van der Waals surface area contributed by atoms with E-state index in [1.54, 1.807) is 0 Å². The first kappa shape index (κ1) is 16.5. The van der Waals surface area contributed by atoms with Crippen LogP contribution in [0.25, 0.3) is 0 Å². The third-order valence-electron chi connectivity index (χ3n) is 3.77. The molecule has 1 unspecified atom stereocenters. The van der Waals surface area contributed by atoms with Crippen LogP contribution < -0.4 is 5.32 Å². The van der Waals surface area contributed by atoms with Gasteiger partial charge in [-0.1, -0.05) is 6.92 Å². The molecular formula is C15H23N3O4. The standard InChI is InChI=1S/C15H23N3O4/c1-3-14-17-10(2)12(22-14)8-16-13(20)9-18-7-5-4-6-11(19)15(18)21/h11,19H,3-9H2,1-2H3,(H,16,20). The Balaban J connectivity index is 1.86. The van der Waals surface area contributed by atoms with Crippen LogP contribution in [0.1, 0.15) is 43.5 Å². The van der Waals surface area contributed by atoms with E-state index in [4.69, 9.17) is 4.42 Å². The summed E-state index contributed by atoms with van der Waals surface area (Å²) >= 11 is 0. The quantitative estimate of drug-likeness (QED) is 0.827. The van der Waals surface area contributed by atoms with Crippen molar-refractivity contribution >= 4 is 11.8 Å². The number of carbonyl (C=O) groups excluding carboxylic acids is 2. The molecule has 1 saturated heterocycles. The molecule has 0 saturated carbocycles. The number of amides is 2. The third-order valence-corrected chi connectivity index (χ3v) is 3.77. The molecule has 0 radical (unpaired) electrons. The van der Waals surface area contributed by atoms with Crippen molar-refractivity contribution in [3.8, 4) is 0 Å². The lowest BCUT2D eigenvalue weighted by atomic mass is 10.2. The summed E-state index contributed by atoms with van der Waals surface area (Å²) in [5, 5.41) is 12.4. The van der Waals surface area contributed by atoms with E-state index in [1.807, 2.05) is 13.8 Å². The lowest BCUT2D eigenvalue weighted by Gasteiger charge is -2.21. The molecule has 1 aliphatic heterocycles. The molecule has 122 valence electrons. The second-order valence-corrected chi connectivity index (χ2v) is 5.52. The lowest BCUT2D eigenvalue weighted by molar-refractivity contribution is -0.142. The number of nitrogens with zero attached hydrogens (tertiary/aromatic N) is 2. The maximum absolute atomic E-state index is 12.0. The van der Waals surface area contributed by atoms with E-state index in [9.17, 15) is 14.7 Å². The Hall–Kier alpha value is -1.89. The van der Waals surface area contributed by atoms with Gasteiger partial charge in [-0.25, -0.2) is 4.98 Å². The second-order valence-electron chi connectivity index (χ2n) is 5.52. The summed E-state index contributed by atoms with van der Waals surface area (Å²) in [5.74, 6) is 0.646. The average Bonchev–Trinajstić information content (AvgIpc) is 2.79. The topological polar surface area (TPSA) is 95.7 Å². The van der Waals surface area contributed by atoms with Crippen molar-refractivity contribution in [3.05, 3.63) is 17.3 Å². The van der Waals surface area contributed by atoms with Gasteiger partial charge in [0.25, 0.3) is 5.91 Å². The first-order valence-electron chi connectivity index (χ1n) is 7.70. The van der Waals surface area contributed by atoms with Crippen LogP contribution in [-0.4, -0.2) is 46.0 Å². The van der Waals surface area contributed by atoms with Crippen molar-refractivity contribution in [2.45, 2.75) is 52.2 Å². The fourth-order valence-electron chi connectivity index (χ4n) is 2.45. The molecule has 2 rings (SSSR count). The Bertz CT molecular complexity index is 541. The minimum Gasteiger partial charge on any atom is -0.444 e. The van der Waals surface area contributed by atoms with Gasteiger partial charge in [-0.3, -0.25) is 9.59 Å². The van der Waals surface area contributed by atoms with Crippen LogP contribution in [-0.2, 0) is 22.6 Å². The van der Waals surface area contributed by atoms with Crippen molar-refractivity contribution in [2.75, 3.05) is 13.1 Å². The number of likely N-dealkylation sites (tertiary alicyclic amines) is 1. The number of aliphatic hydroxyl groups excluding tert-OH is 1. The molecule has 2 N–H and O–H groups in total. The Morgan fingerprint density at radius 1 is 1.50 bits per heavy atom. The van der Waals surface area contributed by atoms with Crippen LogP contribution in [0.4, 0.5) is 0 Å². The maximum atomic E-state index is 12.0. The van der Waals surface area contributed by atoms with Gasteiger partial charge in [0.2, 0.25) is 5.91 Å². The number of carbonyl (C=O) groups is 2. The molecule has 1 aliphatic rings. The number of oxazole rings is 1. The molecule has 1 aromatic heterocycles. The number of aromatic nitrogens is 1. The van der Waals surface area contributed by atoms with Gasteiger partial charge < -0.3 is 19.7 Å². The van der Waals surface area contributed by atoms with Crippen molar-refractivity contribution in [3.63, 3.8) is 0 Å². The van der Waals surface area contributed by atoms with E-state index >= 15 is 0 Å². The summed E-state index contributed by atoms with van der Waals surface area (Å²) in [6.45, 7) is 4.50. The Kier molecular flexibility index (Phi) is 5.54. The van der Waals surface area contributed by atoms with E-state index in [2.05, 4.69) is 10.3 Å². The summed E-state index contributed by atoms with van der Waals surface area (Å²) in [6, 6.07) is 0. The molecule has 1 aromatic rings. The van der Waals surface area contributed by atoms with Gasteiger partial charge in [0, 0.05) is 13.0 Å². The minimum absolute atomic E-state index is 0.0380. The number of nitrogens with one attached hydrogen (secondary N) is 1. The molecule has 1 atom stereocenters.